The number of esters is 1. The van der Waals surface area contributed by atoms with E-state index in [1.165, 1.54) is 6.92 Å². The summed E-state index contributed by atoms with van der Waals surface area (Å²) in [5.74, 6) is -3.37. The fourth-order valence-electron chi connectivity index (χ4n) is 1.82. The molecule has 1 amide bonds. The van der Waals surface area contributed by atoms with Gasteiger partial charge in [-0.3, -0.25) is 9.35 Å². The van der Waals surface area contributed by atoms with Crippen molar-refractivity contribution in [1.29, 1.82) is 0 Å². The van der Waals surface area contributed by atoms with Crippen molar-refractivity contribution in [3.8, 4) is 0 Å². The van der Waals surface area contributed by atoms with Crippen LogP contribution in [0, 0.1) is 0 Å². The lowest BCUT2D eigenvalue weighted by Crippen LogP contribution is -2.49. The summed E-state index contributed by atoms with van der Waals surface area (Å²) < 4.78 is 39.4. The van der Waals surface area contributed by atoms with E-state index in [2.05, 4.69) is 5.32 Å². The molecule has 0 saturated carbocycles. The standard InChI is InChI=1S/C15H19NO9S/c1-10(25-12(17)7-8-26(21,22)23)13(14(18)19)16-15(20)24-9-11-5-3-2-4-6-11/h2-6,10,13H,7-9H2,1H3,(H,16,20)(H,18,19)(H,21,22,23). The summed E-state index contributed by atoms with van der Waals surface area (Å²) in [6, 6.07) is 7.08. The van der Waals surface area contributed by atoms with Gasteiger partial charge in [-0.15, -0.1) is 0 Å². The molecule has 1 rings (SSSR count). The summed E-state index contributed by atoms with van der Waals surface area (Å²) in [4.78, 5) is 34.5. The first-order valence-electron chi connectivity index (χ1n) is 7.43. The number of nitrogens with one attached hydrogen (secondary N) is 1. The van der Waals surface area contributed by atoms with Crippen molar-refractivity contribution in [2.45, 2.75) is 32.1 Å². The molecule has 0 aliphatic carbocycles. The van der Waals surface area contributed by atoms with Gasteiger partial charge in [-0.2, -0.15) is 8.42 Å². The Labute approximate surface area is 149 Å². The van der Waals surface area contributed by atoms with Crippen molar-refractivity contribution in [2.24, 2.45) is 0 Å². The monoisotopic (exact) mass is 389 g/mol. The second-order valence-electron chi connectivity index (χ2n) is 5.25. The molecular formula is C15H19NO9S. The number of amides is 1. The first kappa shape index (κ1) is 21.4. The number of rotatable bonds is 9. The Morgan fingerprint density at radius 1 is 1.19 bits per heavy atom. The topological polar surface area (TPSA) is 156 Å². The molecule has 0 aliphatic rings. The van der Waals surface area contributed by atoms with Gasteiger partial charge < -0.3 is 19.9 Å². The molecule has 0 bridgehead atoms. The second kappa shape index (κ2) is 9.73. The van der Waals surface area contributed by atoms with Crippen LogP contribution >= 0.6 is 0 Å². The van der Waals surface area contributed by atoms with Crippen LogP contribution in [0.15, 0.2) is 30.3 Å². The number of carbonyl (C=O) groups excluding carboxylic acids is 2. The van der Waals surface area contributed by atoms with Crippen LogP contribution in [-0.2, 0) is 35.8 Å². The lowest BCUT2D eigenvalue weighted by molar-refractivity contribution is -0.154. The predicted octanol–water partition coefficient (Wildman–Crippen LogP) is 0.576. The molecule has 0 spiro atoms. The quantitative estimate of drug-likeness (QED) is 0.406. The molecule has 144 valence electrons. The average molecular weight is 389 g/mol. The molecule has 11 heteroatoms. The number of hydrogen-bond acceptors (Lipinski definition) is 7. The van der Waals surface area contributed by atoms with E-state index < -0.39 is 52.5 Å². The van der Waals surface area contributed by atoms with E-state index in [0.717, 1.165) is 0 Å². The van der Waals surface area contributed by atoms with Crippen molar-refractivity contribution in [1.82, 2.24) is 5.32 Å². The number of alkyl carbamates (subject to hydrolysis) is 1. The molecule has 0 fully saturated rings. The van der Waals surface area contributed by atoms with Gasteiger partial charge in [-0.25, -0.2) is 9.59 Å². The van der Waals surface area contributed by atoms with E-state index in [9.17, 15) is 22.8 Å². The number of carboxylic acid groups (broad SMARTS) is 1. The van der Waals surface area contributed by atoms with E-state index in [0.29, 0.717) is 5.56 Å². The highest BCUT2D eigenvalue weighted by molar-refractivity contribution is 7.85. The number of carbonyl (C=O) groups is 3. The van der Waals surface area contributed by atoms with E-state index in [-0.39, 0.29) is 6.61 Å². The highest BCUT2D eigenvalue weighted by atomic mass is 32.2. The van der Waals surface area contributed by atoms with Gasteiger partial charge in [0.25, 0.3) is 10.1 Å². The van der Waals surface area contributed by atoms with Gasteiger partial charge in [0, 0.05) is 0 Å². The maximum absolute atomic E-state index is 11.7. The lowest BCUT2D eigenvalue weighted by atomic mass is 10.2. The van der Waals surface area contributed by atoms with Gasteiger partial charge in [-0.1, -0.05) is 30.3 Å². The number of benzene rings is 1. The highest BCUT2D eigenvalue weighted by Gasteiger charge is 2.30. The Bertz CT molecular complexity index is 733. The third kappa shape index (κ3) is 8.44. The van der Waals surface area contributed by atoms with Crippen LogP contribution in [0.5, 0.6) is 0 Å². The van der Waals surface area contributed by atoms with E-state index in [4.69, 9.17) is 19.1 Å². The highest BCUT2D eigenvalue weighted by Crippen LogP contribution is 2.05. The summed E-state index contributed by atoms with van der Waals surface area (Å²) in [5.41, 5.74) is 0.694. The van der Waals surface area contributed by atoms with Crippen LogP contribution in [0.3, 0.4) is 0 Å². The molecule has 0 radical (unpaired) electrons. The van der Waals surface area contributed by atoms with Crippen molar-refractivity contribution in [3.05, 3.63) is 35.9 Å². The minimum absolute atomic E-state index is 0.0818. The lowest BCUT2D eigenvalue weighted by Gasteiger charge is -2.21. The smallest absolute Gasteiger partial charge is 0.408 e. The third-order valence-electron chi connectivity index (χ3n) is 3.10. The fourth-order valence-corrected chi connectivity index (χ4v) is 2.24. The molecule has 2 unspecified atom stereocenters. The molecule has 0 heterocycles. The zero-order chi connectivity index (χ0) is 19.7. The van der Waals surface area contributed by atoms with Gasteiger partial charge in [0.15, 0.2) is 6.04 Å². The van der Waals surface area contributed by atoms with Crippen molar-refractivity contribution in [2.75, 3.05) is 5.75 Å². The van der Waals surface area contributed by atoms with Crippen LogP contribution in [0.25, 0.3) is 0 Å². The maximum atomic E-state index is 11.7. The Kier molecular flexibility index (Phi) is 8.00. The zero-order valence-corrected chi connectivity index (χ0v) is 14.6. The fraction of sp³-hybridized carbons (Fsp3) is 0.400. The second-order valence-corrected chi connectivity index (χ2v) is 6.83. The minimum Gasteiger partial charge on any atom is -0.480 e. The van der Waals surface area contributed by atoms with Crippen LogP contribution < -0.4 is 5.32 Å². The molecule has 0 saturated heterocycles. The summed E-state index contributed by atoms with van der Waals surface area (Å²) in [6.45, 7) is 1.13. The van der Waals surface area contributed by atoms with Gasteiger partial charge in [0.05, 0.1) is 12.2 Å². The van der Waals surface area contributed by atoms with Gasteiger partial charge in [0.2, 0.25) is 0 Å². The van der Waals surface area contributed by atoms with Crippen LogP contribution in [-0.4, -0.2) is 54.0 Å². The molecule has 1 aromatic carbocycles. The normalized spacial score (nSPS) is 13.3. The van der Waals surface area contributed by atoms with Crippen LogP contribution in [0.1, 0.15) is 18.9 Å². The molecule has 0 aliphatic heterocycles. The van der Waals surface area contributed by atoms with E-state index in [1.807, 2.05) is 0 Å². The van der Waals surface area contributed by atoms with Crippen molar-refractivity contribution >= 4 is 28.1 Å². The first-order chi connectivity index (χ1) is 12.1. The first-order valence-corrected chi connectivity index (χ1v) is 9.04. The van der Waals surface area contributed by atoms with Gasteiger partial charge in [-0.05, 0) is 12.5 Å². The van der Waals surface area contributed by atoms with Crippen LogP contribution in [0.4, 0.5) is 4.79 Å². The zero-order valence-electron chi connectivity index (χ0n) is 13.8. The summed E-state index contributed by atoms with van der Waals surface area (Å²) in [6.07, 6.45) is -2.98. The molecule has 2 atom stereocenters. The summed E-state index contributed by atoms with van der Waals surface area (Å²) >= 11 is 0. The summed E-state index contributed by atoms with van der Waals surface area (Å²) in [5, 5.41) is 11.2. The van der Waals surface area contributed by atoms with Crippen molar-refractivity contribution in [3.63, 3.8) is 0 Å². The SMILES string of the molecule is CC(OC(=O)CCS(=O)(=O)O)C(NC(=O)OCc1ccccc1)C(=O)O. The molecule has 0 aromatic heterocycles. The molecule has 1 aromatic rings. The Morgan fingerprint density at radius 2 is 1.81 bits per heavy atom. The largest absolute Gasteiger partial charge is 0.480 e. The number of ether oxygens (including phenoxy) is 2. The number of aliphatic carboxylic acids is 1. The third-order valence-corrected chi connectivity index (χ3v) is 3.82. The van der Waals surface area contributed by atoms with Crippen molar-refractivity contribution < 1.29 is 41.9 Å². The number of carboxylic acids is 1. The number of hydrogen-bond donors (Lipinski definition) is 3. The predicted molar refractivity (Wildman–Crippen MR) is 87.8 cm³/mol. The molecule has 3 N–H and O–H groups in total. The Balaban J connectivity index is 2.54. The summed E-state index contributed by atoms with van der Waals surface area (Å²) in [7, 11) is -4.35. The molecular weight excluding hydrogens is 370 g/mol. The average Bonchev–Trinajstić information content (AvgIpc) is 2.56. The minimum atomic E-state index is -4.35. The van der Waals surface area contributed by atoms with Gasteiger partial charge in [0.1, 0.15) is 12.7 Å². The molecule has 26 heavy (non-hydrogen) atoms. The maximum Gasteiger partial charge on any atom is 0.408 e. The Hall–Kier alpha value is -2.66. The van der Waals surface area contributed by atoms with Crippen LogP contribution in [0.2, 0.25) is 0 Å². The Morgan fingerprint density at radius 3 is 2.35 bits per heavy atom. The molecule has 10 nitrogen and oxygen atoms in total. The van der Waals surface area contributed by atoms with E-state index in [1.54, 1.807) is 30.3 Å². The van der Waals surface area contributed by atoms with E-state index >= 15 is 0 Å². The van der Waals surface area contributed by atoms with Gasteiger partial charge >= 0.3 is 18.0 Å².